The number of nitrogens with zero attached hydrogens (tertiary/aromatic N) is 2. The van der Waals surface area contributed by atoms with Gasteiger partial charge in [-0.25, -0.2) is 0 Å². The number of anilines is 1. The van der Waals surface area contributed by atoms with Gasteiger partial charge in [-0.1, -0.05) is 6.07 Å². The molecule has 1 aromatic carbocycles. The molecule has 1 saturated heterocycles. The van der Waals surface area contributed by atoms with Gasteiger partial charge < -0.3 is 10.5 Å². The van der Waals surface area contributed by atoms with Gasteiger partial charge in [0.2, 0.25) is 0 Å². The standard InChI is InChI=1S/C15H25N3O/c1-15(2)12-18(8-7-17(15)3)9-10-19-14-6-4-5-13(16)11-14/h4-6,11H,7-10,12,16H2,1-3H3. The molecular weight excluding hydrogens is 238 g/mol. The molecule has 4 heteroatoms. The van der Waals surface area contributed by atoms with E-state index in [-0.39, 0.29) is 5.54 Å². The maximum atomic E-state index is 5.75. The van der Waals surface area contributed by atoms with E-state index >= 15 is 0 Å². The first-order valence-electron chi connectivity index (χ1n) is 6.89. The van der Waals surface area contributed by atoms with Gasteiger partial charge in [0, 0.05) is 43.5 Å². The van der Waals surface area contributed by atoms with Crippen LogP contribution in [0.4, 0.5) is 5.69 Å². The molecular formula is C15H25N3O. The maximum Gasteiger partial charge on any atom is 0.121 e. The van der Waals surface area contributed by atoms with Crippen molar-refractivity contribution in [3.8, 4) is 5.75 Å². The number of hydrogen-bond acceptors (Lipinski definition) is 4. The zero-order chi connectivity index (χ0) is 13.9. The van der Waals surface area contributed by atoms with E-state index in [4.69, 9.17) is 10.5 Å². The molecule has 0 spiro atoms. The van der Waals surface area contributed by atoms with Gasteiger partial charge in [-0.15, -0.1) is 0 Å². The van der Waals surface area contributed by atoms with Crippen molar-refractivity contribution >= 4 is 5.69 Å². The zero-order valence-electron chi connectivity index (χ0n) is 12.2. The van der Waals surface area contributed by atoms with Crippen LogP contribution in [0, 0.1) is 0 Å². The highest BCUT2D eigenvalue weighted by molar-refractivity contribution is 5.43. The molecule has 4 nitrogen and oxygen atoms in total. The summed E-state index contributed by atoms with van der Waals surface area (Å²) in [7, 11) is 2.20. The first-order valence-corrected chi connectivity index (χ1v) is 6.89. The molecule has 2 N–H and O–H groups in total. The van der Waals surface area contributed by atoms with E-state index in [9.17, 15) is 0 Å². The lowest BCUT2D eigenvalue weighted by Crippen LogP contribution is -2.58. The summed E-state index contributed by atoms with van der Waals surface area (Å²) in [5.41, 5.74) is 6.72. The third-order valence-electron chi connectivity index (χ3n) is 3.93. The molecule has 0 bridgehead atoms. The minimum Gasteiger partial charge on any atom is -0.492 e. The fraction of sp³-hybridized carbons (Fsp3) is 0.600. The maximum absolute atomic E-state index is 5.75. The van der Waals surface area contributed by atoms with E-state index in [1.165, 1.54) is 0 Å². The molecule has 1 aliphatic rings. The molecule has 19 heavy (non-hydrogen) atoms. The first-order chi connectivity index (χ1) is 8.97. The molecule has 0 atom stereocenters. The highest BCUT2D eigenvalue weighted by Gasteiger charge is 2.30. The van der Waals surface area contributed by atoms with E-state index < -0.39 is 0 Å². The minimum absolute atomic E-state index is 0.245. The number of ether oxygens (including phenoxy) is 1. The summed E-state index contributed by atoms with van der Waals surface area (Å²) in [5.74, 6) is 0.855. The van der Waals surface area contributed by atoms with Crippen LogP contribution in [-0.2, 0) is 0 Å². The normalized spacial score (nSPS) is 20.4. The summed E-state index contributed by atoms with van der Waals surface area (Å²) in [5, 5.41) is 0. The lowest BCUT2D eigenvalue weighted by molar-refractivity contribution is 0.0338. The topological polar surface area (TPSA) is 41.7 Å². The van der Waals surface area contributed by atoms with E-state index in [0.717, 1.165) is 37.6 Å². The van der Waals surface area contributed by atoms with Gasteiger partial charge in [0.15, 0.2) is 0 Å². The monoisotopic (exact) mass is 263 g/mol. The fourth-order valence-corrected chi connectivity index (χ4v) is 2.43. The van der Waals surface area contributed by atoms with Crippen molar-refractivity contribution in [3.05, 3.63) is 24.3 Å². The second-order valence-electron chi connectivity index (χ2n) is 5.93. The number of nitrogens with two attached hydrogens (primary N) is 1. The van der Waals surface area contributed by atoms with E-state index in [0.29, 0.717) is 6.61 Å². The predicted octanol–water partition coefficient (Wildman–Crippen LogP) is 1.67. The molecule has 2 rings (SSSR count). The summed E-state index contributed by atoms with van der Waals surface area (Å²) < 4.78 is 5.75. The molecule has 0 aromatic heterocycles. The largest absolute Gasteiger partial charge is 0.492 e. The Kier molecular flexibility index (Phi) is 4.32. The first kappa shape index (κ1) is 14.2. The number of likely N-dealkylation sites (N-methyl/N-ethyl adjacent to an activating group) is 1. The van der Waals surface area contributed by atoms with Gasteiger partial charge in [-0.3, -0.25) is 9.80 Å². The van der Waals surface area contributed by atoms with E-state index in [2.05, 4.69) is 30.7 Å². The van der Waals surface area contributed by atoms with Crippen LogP contribution in [0.5, 0.6) is 5.75 Å². The Bertz CT molecular complexity index is 420. The molecule has 1 aromatic rings. The molecule has 1 aliphatic heterocycles. The van der Waals surface area contributed by atoms with Crippen LogP contribution in [-0.4, -0.2) is 55.2 Å². The molecule has 0 unspecified atom stereocenters. The highest BCUT2D eigenvalue weighted by atomic mass is 16.5. The Balaban J connectivity index is 1.77. The van der Waals surface area contributed by atoms with Crippen molar-refractivity contribution in [1.82, 2.24) is 9.80 Å². The molecule has 1 heterocycles. The lowest BCUT2D eigenvalue weighted by atomic mass is 10.00. The van der Waals surface area contributed by atoms with Gasteiger partial charge >= 0.3 is 0 Å². The van der Waals surface area contributed by atoms with Crippen LogP contribution in [0.25, 0.3) is 0 Å². The van der Waals surface area contributed by atoms with Crippen LogP contribution in [0.3, 0.4) is 0 Å². The van der Waals surface area contributed by atoms with Gasteiger partial charge in [0.25, 0.3) is 0 Å². The molecule has 106 valence electrons. The lowest BCUT2D eigenvalue weighted by Gasteiger charge is -2.45. The van der Waals surface area contributed by atoms with Crippen molar-refractivity contribution < 1.29 is 4.74 Å². The van der Waals surface area contributed by atoms with E-state index in [1.807, 2.05) is 24.3 Å². The minimum atomic E-state index is 0.245. The Morgan fingerprint density at radius 2 is 2.11 bits per heavy atom. The molecule has 0 radical (unpaired) electrons. The molecule has 1 fully saturated rings. The fourth-order valence-electron chi connectivity index (χ4n) is 2.43. The Morgan fingerprint density at radius 3 is 2.79 bits per heavy atom. The van der Waals surface area contributed by atoms with E-state index in [1.54, 1.807) is 0 Å². The van der Waals surface area contributed by atoms with Gasteiger partial charge in [-0.05, 0) is 33.0 Å². The van der Waals surface area contributed by atoms with Crippen LogP contribution in [0.15, 0.2) is 24.3 Å². The third-order valence-corrected chi connectivity index (χ3v) is 3.93. The molecule has 0 aliphatic carbocycles. The Labute approximate surface area is 116 Å². The Morgan fingerprint density at radius 1 is 1.32 bits per heavy atom. The second kappa shape index (κ2) is 5.80. The summed E-state index contributed by atoms with van der Waals surface area (Å²) >= 11 is 0. The number of nitrogen functional groups attached to an aromatic ring is 1. The van der Waals surface area contributed by atoms with Crippen molar-refractivity contribution in [3.63, 3.8) is 0 Å². The Hall–Kier alpha value is -1.26. The number of rotatable bonds is 4. The summed E-state index contributed by atoms with van der Waals surface area (Å²) in [6.45, 7) is 9.57. The van der Waals surface area contributed by atoms with Gasteiger partial charge in [0.05, 0.1) is 0 Å². The average molecular weight is 263 g/mol. The zero-order valence-corrected chi connectivity index (χ0v) is 12.2. The SMILES string of the molecule is CN1CCN(CCOc2cccc(N)c2)CC1(C)C. The number of piperazine rings is 1. The predicted molar refractivity (Wildman–Crippen MR) is 79.5 cm³/mol. The molecule has 0 amide bonds. The second-order valence-corrected chi connectivity index (χ2v) is 5.93. The average Bonchev–Trinajstić information content (AvgIpc) is 2.33. The van der Waals surface area contributed by atoms with Crippen LogP contribution in [0.2, 0.25) is 0 Å². The van der Waals surface area contributed by atoms with Gasteiger partial charge in [0.1, 0.15) is 12.4 Å². The smallest absolute Gasteiger partial charge is 0.121 e. The van der Waals surface area contributed by atoms with Crippen LogP contribution < -0.4 is 10.5 Å². The number of hydrogen-bond donors (Lipinski definition) is 1. The van der Waals surface area contributed by atoms with Crippen LogP contribution in [0.1, 0.15) is 13.8 Å². The highest BCUT2D eigenvalue weighted by Crippen LogP contribution is 2.19. The summed E-state index contributed by atoms with van der Waals surface area (Å²) in [4.78, 5) is 4.88. The number of benzene rings is 1. The van der Waals surface area contributed by atoms with Crippen molar-refractivity contribution in [2.45, 2.75) is 19.4 Å². The van der Waals surface area contributed by atoms with Crippen LogP contribution >= 0.6 is 0 Å². The third kappa shape index (κ3) is 3.85. The van der Waals surface area contributed by atoms with Crippen molar-refractivity contribution in [2.75, 3.05) is 45.6 Å². The van der Waals surface area contributed by atoms with Gasteiger partial charge in [-0.2, -0.15) is 0 Å². The summed E-state index contributed by atoms with van der Waals surface area (Å²) in [6.07, 6.45) is 0. The quantitative estimate of drug-likeness (QED) is 0.839. The van der Waals surface area contributed by atoms with Crippen molar-refractivity contribution in [1.29, 1.82) is 0 Å². The summed E-state index contributed by atoms with van der Waals surface area (Å²) in [6, 6.07) is 7.61. The van der Waals surface area contributed by atoms with Crippen molar-refractivity contribution in [2.24, 2.45) is 0 Å². The molecule has 0 saturated carbocycles.